The Balaban J connectivity index is 1.88. The molecule has 2 heterocycles. The number of Topliss-reactive ketones (excluding diaryl/α,β-unsaturated/α-hetero) is 1. The number of carbonyl (C=O) groups excluding carboxylic acids is 1. The summed E-state index contributed by atoms with van der Waals surface area (Å²) in [4.78, 5) is 15.0. The molecule has 3 atom stereocenters. The summed E-state index contributed by atoms with van der Waals surface area (Å²) in [6.07, 6.45) is 5.22. The SMILES string of the molecule is CCCCCC1c2ccccc2C(O)(CC(=O)c2ccccn2)[S+]1[O-]. The maximum atomic E-state index is 13.1. The van der Waals surface area contributed by atoms with Crippen LogP contribution in [-0.2, 0) is 16.1 Å². The first kappa shape index (κ1) is 18.1. The van der Waals surface area contributed by atoms with Gasteiger partial charge in [0, 0.05) is 17.3 Å². The molecule has 1 aliphatic heterocycles. The van der Waals surface area contributed by atoms with E-state index in [0.29, 0.717) is 11.3 Å². The van der Waals surface area contributed by atoms with E-state index in [1.807, 2.05) is 18.2 Å². The van der Waals surface area contributed by atoms with Gasteiger partial charge in [0.1, 0.15) is 10.9 Å². The predicted octanol–water partition coefficient (Wildman–Crippen LogP) is 3.88. The second-order valence-corrected chi connectivity index (χ2v) is 8.31. The summed E-state index contributed by atoms with van der Waals surface area (Å²) in [6, 6.07) is 12.5. The number of hydrogen-bond donors (Lipinski definition) is 1. The molecule has 3 unspecified atom stereocenters. The molecule has 1 N–H and O–H groups in total. The highest BCUT2D eigenvalue weighted by Gasteiger charge is 2.56. The van der Waals surface area contributed by atoms with E-state index >= 15 is 0 Å². The molecule has 0 bridgehead atoms. The summed E-state index contributed by atoms with van der Waals surface area (Å²) in [6.45, 7) is 2.13. The Labute approximate surface area is 151 Å². The van der Waals surface area contributed by atoms with Gasteiger partial charge in [-0.3, -0.25) is 9.78 Å². The van der Waals surface area contributed by atoms with Gasteiger partial charge in [-0.1, -0.05) is 50.1 Å². The summed E-state index contributed by atoms with van der Waals surface area (Å²) in [5.41, 5.74) is 1.83. The minimum atomic E-state index is -1.64. The number of fused-ring (bicyclic) bond motifs is 1. The van der Waals surface area contributed by atoms with E-state index < -0.39 is 16.1 Å². The van der Waals surface area contributed by atoms with Crippen molar-refractivity contribution in [3.05, 3.63) is 65.5 Å². The van der Waals surface area contributed by atoms with E-state index in [1.54, 1.807) is 30.5 Å². The number of benzene rings is 1. The maximum absolute atomic E-state index is 13.1. The number of aliphatic hydroxyl groups is 1. The zero-order valence-electron chi connectivity index (χ0n) is 14.4. The van der Waals surface area contributed by atoms with Crippen molar-refractivity contribution < 1.29 is 14.5 Å². The Morgan fingerprint density at radius 3 is 2.72 bits per heavy atom. The van der Waals surface area contributed by atoms with Crippen LogP contribution in [-0.4, -0.2) is 20.4 Å². The topological polar surface area (TPSA) is 73.2 Å². The smallest absolute Gasteiger partial charge is 0.257 e. The first-order chi connectivity index (χ1) is 12.1. The van der Waals surface area contributed by atoms with Gasteiger partial charge in [0.05, 0.1) is 6.42 Å². The van der Waals surface area contributed by atoms with Gasteiger partial charge < -0.3 is 9.66 Å². The number of aromatic nitrogens is 1. The van der Waals surface area contributed by atoms with Crippen LogP contribution in [0.25, 0.3) is 0 Å². The maximum Gasteiger partial charge on any atom is 0.257 e. The zero-order chi connectivity index (χ0) is 17.9. The van der Waals surface area contributed by atoms with Crippen LogP contribution in [0.4, 0.5) is 0 Å². The van der Waals surface area contributed by atoms with Crippen molar-refractivity contribution in [2.75, 3.05) is 0 Å². The highest BCUT2D eigenvalue weighted by atomic mass is 32.2. The monoisotopic (exact) mass is 357 g/mol. The number of hydrogen-bond acceptors (Lipinski definition) is 4. The van der Waals surface area contributed by atoms with Gasteiger partial charge in [0.15, 0.2) is 5.78 Å². The second kappa shape index (κ2) is 7.68. The number of pyridine rings is 1. The Morgan fingerprint density at radius 1 is 1.24 bits per heavy atom. The summed E-state index contributed by atoms with van der Waals surface area (Å²) in [7, 11) is 0. The lowest BCUT2D eigenvalue weighted by Gasteiger charge is -2.27. The van der Waals surface area contributed by atoms with Crippen molar-refractivity contribution in [2.45, 2.75) is 49.2 Å². The molecule has 0 fully saturated rings. The normalized spacial score (nSPS) is 24.9. The van der Waals surface area contributed by atoms with Crippen molar-refractivity contribution in [3.8, 4) is 0 Å². The molecule has 1 aliphatic rings. The molecule has 132 valence electrons. The van der Waals surface area contributed by atoms with Gasteiger partial charge in [-0.2, -0.15) is 0 Å². The zero-order valence-corrected chi connectivity index (χ0v) is 15.2. The van der Waals surface area contributed by atoms with Crippen LogP contribution in [0.3, 0.4) is 0 Å². The van der Waals surface area contributed by atoms with Crippen molar-refractivity contribution in [3.63, 3.8) is 0 Å². The van der Waals surface area contributed by atoms with E-state index in [2.05, 4.69) is 11.9 Å². The highest BCUT2D eigenvalue weighted by Crippen LogP contribution is 2.51. The van der Waals surface area contributed by atoms with Crippen LogP contribution in [0.2, 0.25) is 0 Å². The van der Waals surface area contributed by atoms with Crippen LogP contribution < -0.4 is 0 Å². The number of ketones is 1. The van der Waals surface area contributed by atoms with Crippen molar-refractivity contribution in [1.29, 1.82) is 0 Å². The molecule has 5 heteroatoms. The van der Waals surface area contributed by atoms with Crippen LogP contribution >= 0.6 is 0 Å². The average molecular weight is 357 g/mol. The average Bonchev–Trinajstić information content (AvgIpc) is 2.85. The van der Waals surface area contributed by atoms with Crippen LogP contribution in [0.15, 0.2) is 48.7 Å². The summed E-state index contributed by atoms with van der Waals surface area (Å²) in [5, 5.41) is 11.0. The molecule has 3 rings (SSSR count). The molecule has 1 aromatic heterocycles. The second-order valence-electron chi connectivity index (χ2n) is 6.47. The molecule has 0 saturated heterocycles. The van der Waals surface area contributed by atoms with Crippen LogP contribution in [0, 0.1) is 0 Å². The first-order valence-electron chi connectivity index (χ1n) is 8.74. The molecule has 4 nitrogen and oxygen atoms in total. The fraction of sp³-hybridized carbons (Fsp3) is 0.400. The molecule has 0 spiro atoms. The Hall–Kier alpha value is -1.69. The van der Waals surface area contributed by atoms with E-state index in [9.17, 15) is 14.5 Å². The Morgan fingerprint density at radius 2 is 2.00 bits per heavy atom. The summed E-state index contributed by atoms with van der Waals surface area (Å²) >= 11 is -1.55. The third-order valence-corrected chi connectivity index (χ3v) is 6.78. The van der Waals surface area contributed by atoms with Gasteiger partial charge in [-0.15, -0.1) is 0 Å². The molecule has 0 saturated carbocycles. The largest absolute Gasteiger partial charge is 0.613 e. The fourth-order valence-electron chi connectivity index (χ4n) is 3.44. The van der Waals surface area contributed by atoms with Crippen molar-refractivity contribution >= 4 is 17.0 Å². The molecular weight excluding hydrogens is 334 g/mol. The number of unbranched alkanes of at least 4 members (excludes halogenated alkanes) is 2. The lowest BCUT2D eigenvalue weighted by atomic mass is 9.94. The lowest BCUT2D eigenvalue weighted by Crippen LogP contribution is -2.35. The third-order valence-electron chi connectivity index (χ3n) is 4.74. The molecular formula is C20H23NO3S. The van der Waals surface area contributed by atoms with Crippen molar-refractivity contribution in [1.82, 2.24) is 4.98 Å². The molecule has 1 aromatic carbocycles. The molecule has 2 aromatic rings. The van der Waals surface area contributed by atoms with Gasteiger partial charge in [0.25, 0.3) is 4.93 Å². The van der Waals surface area contributed by atoms with E-state index in [1.165, 1.54) is 0 Å². The van der Waals surface area contributed by atoms with Gasteiger partial charge >= 0.3 is 0 Å². The van der Waals surface area contributed by atoms with Gasteiger partial charge in [0.2, 0.25) is 0 Å². The van der Waals surface area contributed by atoms with E-state index in [4.69, 9.17) is 0 Å². The fourth-order valence-corrected chi connectivity index (χ4v) is 5.40. The minimum Gasteiger partial charge on any atom is -0.613 e. The van der Waals surface area contributed by atoms with Gasteiger partial charge in [-0.05, 0) is 36.2 Å². The lowest BCUT2D eigenvalue weighted by molar-refractivity contribution is 0.0777. The molecule has 25 heavy (non-hydrogen) atoms. The molecule has 0 amide bonds. The predicted molar refractivity (Wildman–Crippen MR) is 98.5 cm³/mol. The molecule has 0 aliphatic carbocycles. The van der Waals surface area contributed by atoms with E-state index in [-0.39, 0.29) is 17.5 Å². The number of carbonyl (C=O) groups is 1. The van der Waals surface area contributed by atoms with Crippen molar-refractivity contribution in [2.24, 2.45) is 0 Å². The third kappa shape index (κ3) is 3.50. The molecule has 0 radical (unpaired) electrons. The quantitative estimate of drug-likeness (QED) is 0.463. The standard InChI is InChI=1S/C20H23NO3S/c1-2-3-4-12-19-15-9-5-6-10-16(15)20(23,25(19)24)14-18(22)17-11-7-8-13-21-17/h5-11,13,19,23H,2-4,12,14H2,1H3. The highest BCUT2D eigenvalue weighted by molar-refractivity contribution is 7.92. The minimum absolute atomic E-state index is 0.210. The Bertz CT molecular complexity index is 737. The number of rotatable bonds is 7. The summed E-state index contributed by atoms with van der Waals surface area (Å²) < 4.78 is 13.1. The van der Waals surface area contributed by atoms with Crippen LogP contribution in [0.5, 0.6) is 0 Å². The van der Waals surface area contributed by atoms with E-state index in [0.717, 1.165) is 31.2 Å². The van der Waals surface area contributed by atoms with Gasteiger partial charge in [-0.25, -0.2) is 0 Å². The van der Waals surface area contributed by atoms with Crippen LogP contribution in [0.1, 0.15) is 65.9 Å². The Kier molecular flexibility index (Phi) is 5.57. The first-order valence-corrected chi connectivity index (χ1v) is 9.96. The number of nitrogens with zero attached hydrogens (tertiary/aromatic N) is 1. The summed E-state index contributed by atoms with van der Waals surface area (Å²) in [5.74, 6) is -0.291.